The van der Waals surface area contributed by atoms with E-state index < -0.39 is 0 Å². The third-order valence-corrected chi connectivity index (χ3v) is 5.53. The highest BCUT2D eigenvalue weighted by atomic mass is 14.9. The molecule has 3 aromatic rings. The van der Waals surface area contributed by atoms with Crippen molar-refractivity contribution >= 4 is 5.69 Å². The van der Waals surface area contributed by atoms with Crippen molar-refractivity contribution in [1.82, 2.24) is 0 Å². The molecular weight excluding hydrogens is 314 g/mol. The lowest BCUT2D eigenvalue weighted by Gasteiger charge is -2.31. The number of para-hydroxylation sites is 1. The summed E-state index contributed by atoms with van der Waals surface area (Å²) in [4.78, 5) is 0. The number of benzene rings is 3. The van der Waals surface area contributed by atoms with Gasteiger partial charge >= 0.3 is 0 Å². The maximum atomic E-state index is 3.66. The van der Waals surface area contributed by atoms with E-state index in [1.54, 1.807) is 0 Å². The van der Waals surface area contributed by atoms with Gasteiger partial charge in [0.1, 0.15) is 0 Å². The average molecular weight is 341 g/mol. The fraction of sp³-hybridized carbons (Fsp3) is 0.280. The molecule has 1 aliphatic rings. The van der Waals surface area contributed by atoms with E-state index >= 15 is 0 Å². The SMILES string of the molecule is Cc1ccc(-c2ccc(C(C)(C)C)cc2)c2c1C(C)Nc1ccccc1-2. The predicted molar refractivity (Wildman–Crippen MR) is 113 cm³/mol. The van der Waals surface area contributed by atoms with Crippen molar-refractivity contribution in [3.8, 4) is 22.3 Å². The standard InChI is InChI=1S/C25H27N/c1-16-10-15-20(18-11-13-19(14-12-18)25(3,4)5)24-21-8-6-7-9-22(21)26-17(2)23(16)24/h6-15,17,26H,1-5H3. The van der Waals surface area contributed by atoms with E-state index in [9.17, 15) is 0 Å². The second-order valence-corrected chi connectivity index (χ2v) is 8.46. The van der Waals surface area contributed by atoms with Crippen LogP contribution >= 0.6 is 0 Å². The first-order valence-corrected chi connectivity index (χ1v) is 9.46. The van der Waals surface area contributed by atoms with Crippen LogP contribution in [0.2, 0.25) is 0 Å². The highest BCUT2D eigenvalue weighted by Gasteiger charge is 2.25. The highest BCUT2D eigenvalue weighted by molar-refractivity contribution is 5.94. The van der Waals surface area contributed by atoms with Crippen LogP contribution in [-0.2, 0) is 5.41 Å². The van der Waals surface area contributed by atoms with Crippen LogP contribution in [0.4, 0.5) is 5.69 Å². The Bertz CT molecular complexity index is 958. The van der Waals surface area contributed by atoms with E-state index in [1.807, 2.05) is 0 Å². The van der Waals surface area contributed by atoms with E-state index in [0.717, 1.165) is 0 Å². The molecule has 3 aromatic carbocycles. The molecule has 1 aliphatic heterocycles. The van der Waals surface area contributed by atoms with Gasteiger partial charge in [0, 0.05) is 17.3 Å². The topological polar surface area (TPSA) is 12.0 Å². The minimum atomic E-state index is 0.177. The summed E-state index contributed by atoms with van der Waals surface area (Å²) in [6.07, 6.45) is 0. The van der Waals surface area contributed by atoms with Crippen molar-refractivity contribution in [3.05, 3.63) is 77.4 Å². The van der Waals surface area contributed by atoms with E-state index in [1.165, 1.54) is 44.6 Å². The first kappa shape index (κ1) is 16.9. The number of anilines is 1. The molecule has 0 saturated carbocycles. The molecule has 1 atom stereocenters. The summed E-state index contributed by atoms with van der Waals surface area (Å²) >= 11 is 0. The molecule has 1 heterocycles. The molecule has 26 heavy (non-hydrogen) atoms. The first-order chi connectivity index (χ1) is 12.4. The number of aryl methyl sites for hydroxylation is 1. The lowest BCUT2D eigenvalue weighted by Crippen LogP contribution is -2.16. The average Bonchev–Trinajstić information content (AvgIpc) is 2.61. The number of fused-ring (bicyclic) bond motifs is 3. The van der Waals surface area contributed by atoms with Gasteiger partial charge in [0.15, 0.2) is 0 Å². The lowest BCUT2D eigenvalue weighted by atomic mass is 9.81. The summed E-state index contributed by atoms with van der Waals surface area (Å²) in [5.74, 6) is 0. The molecule has 0 bridgehead atoms. The van der Waals surface area contributed by atoms with Crippen LogP contribution < -0.4 is 5.32 Å². The van der Waals surface area contributed by atoms with Gasteiger partial charge in [0.2, 0.25) is 0 Å². The molecule has 0 amide bonds. The van der Waals surface area contributed by atoms with Gasteiger partial charge in [-0.05, 0) is 58.7 Å². The normalized spacial score (nSPS) is 15.8. The van der Waals surface area contributed by atoms with Crippen LogP contribution in [0.25, 0.3) is 22.3 Å². The van der Waals surface area contributed by atoms with E-state index in [0.29, 0.717) is 6.04 Å². The van der Waals surface area contributed by atoms with E-state index in [2.05, 4.69) is 101 Å². The Hall–Kier alpha value is -2.54. The minimum absolute atomic E-state index is 0.177. The molecule has 132 valence electrons. The van der Waals surface area contributed by atoms with Crippen LogP contribution in [0.1, 0.15) is 50.4 Å². The van der Waals surface area contributed by atoms with Crippen LogP contribution in [0.5, 0.6) is 0 Å². The molecule has 0 spiro atoms. The second kappa shape index (κ2) is 6.02. The highest BCUT2D eigenvalue weighted by Crippen LogP contribution is 2.46. The largest absolute Gasteiger partial charge is 0.378 e. The Kier molecular flexibility index (Phi) is 3.91. The van der Waals surface area contributed by atoms with Gasteiger partial charge in [0.05, 0.1) is 0 Å². The lowest BCUT2D eigenvalue weighted by molar-refractivity contribution is 0.590. The summed E-state index contributed by atoms with van der Waals surface area (Å²) in [5.41, 5.74) is 10.9. The molecule has 1 N–H and O–H groups in total. The van der Waals surface area contributed by atoms with Crippen LogP contribution in [-0.4, -0.2) is 0 Å². The third-order valence-electron chi connectivity index (χ3n) is 5.53. The summed E-state index contributed by atoms with van der Waals surface area (Å²) in [5, 5.41) is 3.66. The van der Waals surface area contributed by atoms with Crippen molar-refractivity contribution in [3.63, 3.8) is 0 Å². The number of nitrogens with one attached hydrogen (secondary N) is 1. The molecular formula is C25H27N. The molecule has 0 saturated heterocycles. The molecule has 0 aromatic heterocycles. The van der Waals surface area contributed by atoms with E-state index in [4.69, 9.17) is 0 Å². The first-order valence-electron chi connectivity index (χ1n) is 9.46. The molecule has 1 nitrogen and oxygen atoms in total. The monoisotopic (exact) mass is 341 g/mol. The molecule has 1 heteroatoms. The summed E-state index contributed by atoms with van der Waals surface area (Å²) in [7, 11) is 0. The van der Waals surface area contributed by atoms with Gasteiger partial charge in [-0.15, -0.1) is 0 Å². The Morgan fingerprint density at radius 1 is 0.808 bits per heavy atom. The molecule has 1 unspecified atom stereocenters. The maximum Gasteiger partial charge on any atom is 0.0494 e. The molecule has 0 radical (unpaired) electrons. The fourth-order valence-electron chi connectivity index (χ4n) is 4.09. The van der Waals surface area contributed by atoms with Gasteiger partial charge in [-0.1, -0.05) is 75.4 Å². The predicted octanol–water partition coefficient (Wildman–Crippen LogP) is 7.11. The fourth-order valence-corrected chi connectivity index (χ4v) is 4.09. The number of rotatable bonds is 1. The minimum Gasteiger partial charge on any atom is -0.378 e. The van der Waals surface area contributed by atoms with Gasteiger partial charge < -0.3 is 5.32 Å². The zero-order chi connectivity index (χ0) is 18.5. The van der Waals surface area contributed by atoms with E-state index in [-0.39, 0.29) is 5.41 Å². The van der Waals surface area contributed by atoms with Gasteiger partial charge in [-0.2, -0.15) is 0 Å². The Balaban J connectivity index is 1.94. The van der Waals surface area contributed by atoms with Crippen LogP contribution in [0.3, 0.4) is 0 Å². The summed E-state index contributed by atoms with van der Waals surface area (Å²) < 4.78 is 0. The van der Waals surface area contributed by atoms with Crippen LogP contribution in [0.15, 0.2) is 60.7 Å². The Labute approximate surface area is 157 Å². The third kappa shape index (κ3) is 2.72. The Morgan fingerprint density at radius 3 is 2.19 bits per heavy atom. The zero-order valence-corrected chi connectivity index (χ0v) is 16.4. The maximum absolute atomic E-state index is 3.66. The number of hydrogen-bond acceptors (Lipinski definition) is 1. The van der Waals surface area contributed by atoms with Crippen molar-refractivity contribution in [2.45, 2.75) is 46.1 Å². The van der Waals surface area contributed by atoms with Crippen LogP contribution in [0, 0.1) is 6.92 Å². The van der Waals surface area contributed by atoms with Crippen molar-refractivity contribution in [1.29, 1.82) is 0 Å². The molecule has 0 aliphatic carbocycles. The Morgan fingerprint density at radius 2 is 1.50 bits per heavy atom. The second-order valence-electron chi connectivity index (χ2n) is 8.46. The quantitative estimate of drug-likeness (QED) is 0.497. The zero-order valence-electron chi connectivity index (χ0n) is 16.4. The van der Waals surface area contributed by atoms with Crippen molar-refractivity contribution in [2.24, 2.45) is 0 Å². The molecule has 4 rings (SSSR count). The smallest absolute Gasteiger partial charge is 0.0494 e. The van der Waals surface area contributed by atoms with Crippen molar-refractivity contribution < 1.29 is 0 Å². The van der Waals surface area contributed by atoms with Gasteiger partial charge in [0.25, 0.3) is 0 Å². The van der Waals surface area contributed by atoms with Gasteiger partial charge in [-0.25, -0.2) is 0 Å². The number of hydrogen-bond donors (Lipinski definition) is 1. The van der Waals surface area contributed by atoms with Gasteiger partial charge in [-0.3, -0.25) is 0 Å². The molecule has 0 fully saturated rings. The summed E-state index contributed by atoms with van der Waals surface area (Å²) in [6.45, 7) is 11.3. The van der Waals surface area contributed by atoms with Crippen molar-refractivity contribution in [2.75, 3.05) is 5.32 Å². The summed E-state index contributed by atoms with van der Waals surface area (Å²) in [6, 6.07) is 22.6.